The highest BCUT2D eigenvalue weighted by Crippen LogP contribution is 2.36. The van der Waals surface area contributed by atoms with E-state index in [2.05, 4.69) is 0 Å². The van der Waals surface area contributed by atoms with E-state index >= 15 is 0 Å². The number of hydrogen-bond donors (Lipinski definition) is 3. The van der Waals surface area contributed by atoms with Crippen molar-refractivity contribution in [1.82, 2.24) is 0 Å². The Kier molecular flexibility index (Phi) is 4.57. The molecule has 0 spiro atoms. The zero-order valence-corrected chi connectivity index (χ0v) is 11.5. The topological polar surface area (TPSA) is 87.0 Å². The van der Waals surface area contributed by atoms with Gasteiger partial charge < -0.3 is 20.1 Å². The molecule has 2 rings (SSSR count). The Morgan fingerprint density at radius 3 is 2.33 bits per heavy atom. The molecular formula is C16H16O5. The van der Waals surface area contributed by atoms with Crippen molar-refractivity contribution >= 4 is 5.78 Å². The van der Waals surface area contributed by atoms with Gasteiger partial charge in [-0.3, -0.25) is 4.79 Å². The molecule has 110 valence electrons. The first-order valence-corrected chi connectivity index (χ1v) is 6.37. The van der Waals surface area contributed by atoms with Gasteiger partial charge in [0, 0.05) is 11.1 Å². The fraction of sp³-hybridized carbons (Fsp3) is 0.188. The van der Waals surface area contributed by atoms with Gasteiger partial charge in [0.1, 0.15) is 11.5 Å². The summed E-state index contributed by atoms with van der Waals surface area (Å²) in [6, 6.07) is 9.85. The van der Waals surface area contributed by atoms with Gasteiger partial charge in [-0.2, -0.15) is 0 Å². The Morgan fingerprint density at radius 2 is 1.81 bits per heavy atom. The zero-order chi connectivity index (χ0) is 15.4. The van der Waals surface area contributed by atoms with E-state index in [1.807, 2.05) is 0 Å². The third-order valence-corrected chi connectivity index (χ3v) is 3.24. The van der Waals surface area contributed by atoms with Crippen molar-refractivity contribution < 1.29 is 24.9 Å². The molecule has 3 N–H and O–H groups in total. The number of methoxy groups -OCH3 is 1. The van der Waals surface area contributed by atoms with Crippen LogP contribution in [0.15, 0.2) is 36.4 Å². The predicted octanol–water partition coefficient (Wildman–Crippen LogP) is 1.62. The molecular weight excluding hydrogens is 272 g/mol. The molecule has 21 heavy (non-hydrogen) atoms. The van der Waals surface area contributed by atoms with Crippen LogP contribution in [0.5, 0.6) is 11.5 Å². The maximum Gasteiger partial charge on any atom is 0.196 e. The Bertz CT molecular complexity index is 649. The van der Waals surface area contributed by atoms with Crippen molar-refractivity contribution in [2.45, 2.75) is 13.2 Å². The van der Waals surface area contributed by atoms with Crippen LogP contribution in [-0.4, -0.2) is 28.2 Å². The van der Waals surface area contributed by atoms with Gasteiger partial charge in [-0.05, 0) is 6.07 Å². The Labute approximate surface area is 122 Å². The van der Waals surface area contributed by atoms with E-state index in [0.717, 1.165) is 0 Å². The minimum absolute atomic E-state index is 0.0232. The molecule has 2 aromatic carbocycles. The molecule has 0 fully saturated rings. The van der Waals surface area contributed by atoms with Gasteiger partial charge in [0.15, 0.2) is 5.78 Å². The SMILES string of the molecule is COc1c(CO)cc(C(=O)c2ccccc2)c(O)c1CO. The Balaban J connectivity index is 2.62. The molecule has 0 aromatic heterocycles. The molecule has 5 heteroatoms. The van der Waals surface area contributed by atoms with Gasteiger partial charge in [-0.25, -0.2) is 0 Å². The van der Waals surface area contributed by atoms with Crippen LogP contribution in [0.2, 0.25) is 0 Å². The summed E-state index contributed by atoms with van der Waals surface area (Å²) in [4.78, 5) is 12.4. The minimum atomic E-state index is -0.502. The molecule has 0 unspecified atom stereocenters. The zero-order valence-electron chi connectivity index (χ0n) is 11.5. The molecule has 0 atom stereocenters. The van der Waals surface area contributed by atoms with Crippen molar-refractivity contribution in [3.05, 3.63) is 58.7 Å². The summed E-state index contributed by atoms with van der Waals surface area (Å²) in [6.07, 6.45) is 0. The van der Waals surface area contributed by atoms with E-state index in [9.17, 15) is 20.1 Å². The fourth-order valence-corrected chi connectivity index (χ4v) is 2.21. The molecule has 0 heterocycles. The lowest BCUT2D eigenvalue weighted by molar-refractivity contribution is 0.103. The number of benzene rings is 2. The predicted molar refractivity (Wildman–Crippen MR) is 76.4 cm³/mol. The van der Waals surface area contributed by atoms with Gasteiger partial charge in [-0.15, -0.1) is 0 Å². The third kappa shape index (κ3) is 2.74. The molecule has 5 nitrogen and oxygen atoms in total. The van der Waals surface area contributed by atoms with Gasteiger partial charge in [0.2, 0.25) is 0 Å². The standard InChI is InChI=1S/C16H16O5/c1-21-16-11(8-17)7-12(15(20)13(16)9-18)14(19)10-5-3-2-4-6-10/h2-7,17-18,20H,8-9H2,1H3. The Hall–Kier alpha value is -2.37. The maximum absolute atomic E-state index is 12.4. The monoisotopic (exact) mass is 288 g/mol. The second-order valence-electron chi connectivity index (χ2n) is 4.46. The number of aromatic hydroxyl groups is 1. The average Bonchev–Trinajstić information content (AvgIpc) is 2.54. The quantitative estimate of drug-likeness (QED) is 0.728. The van der Waals surface area contributed by atoms with E-state index in [4.69, 9.17) is 4.74 Å². The summed E-state index contributed by atoms with van der Waals surface area (Å²) < 4.78 is 5.09. The van der Waals surface area contributed by atoms with Crippen molar-refractivity contribution in [3.63, 3.8) is 0 Å². The Morgan fingerprint density at radius 1 is 1.14 bits per heavy atom. The third-order valence-electron chi connectivity index (χ3n) is 3.24. The molecule has 0 saturated heterocycles. The summed E-state index contributed by atoms with van der Waals surface area (Å²) in [5, 5.41) is 29.0. The molecule has 0 bridgehead atoms. The van der Waals surface area contributed by atoms with E-state index in [-0.39, 0.29) is 35.0 Å². The molecule has 0 aliphatic heterocycles. The number of aliphatic hydroxyl groups excluding tert-OH is 2. The van der Waals surface area contributed by atoms with Crippen LogP contribution in [0.4, 0.5) is 0 Å². The first-order chi connectivity index (χ1) is 10.1. The summed E-state index contributed by atoms with van der Waals surface area (Å²) in [7, 11) is 1.37. The average molecular weight is 288 g/mol. The van der Waals surface area contributed by atoms with Crippen LogP contribution in [-0.2, 0) is 13.2 Å². The van der Waals surface area contributed by atoms with E-state index < -0.39 is 6.61 Å². The van der Waals surface area contributed by atoms with Crippen LogP contribution >= 0.6 is 0 Å². The summed E-state index contributed by atoms with van der Waals surface area (Å²) in [5.74, 6) is -0.539. The van der Waals surface area contributed by atoms with Gasteiger partial charge in [-0.1, -0.05) is 30.3 Å². The summed E-state index contributed by atoms with van der Waals surface area (Å²) >= 11 is 0. The molecule has 0 saturated carbocycles. The second kappa shape index (κ2) is 6.39. The molecule has 0 aliphatic rings. The van der Waals surface area contributed by atoms with Crippen molar-refractivity contribution in [3.8, 4) is 11.5 Å². The van der Waals surface area contributed by atoms with E-state index in [1.54, 1.807) is 30.3 Å². The number of hydrogen-bond acceptors (Lipinski definition) is 5. The number of ether oxygens (including phenoxy) is 1. The lowest BCUT2D eigenvalue weighted by Crippen LogP contribution is -2.07. The molecule has 2 aromatic rings. The van der Waals surface area contributed by atoms with Crippen LogP contribution in [0.3, 0.4) is 0 Å². The van der Waals surface area contributed by atoms with E-state index in [1.165, 1.54) is 13.2 Å². The first-order valence-electron chi connectivity index (χ1n) is 6.37. The fourth-order valence-electron chi connectivity index (χ4n) is 2.21. The summed E-state index contributed by atoms with van der Waals surface area (Å²) in [5.41, 5.74) is 0.850. The molecule has 0 radical (unpaired) electrons. The van der Waals surface area contributed by atoms with Crippen molar-refractivity contribution in [2.24, 2.45) is 0 Å². The molecule has 0 aliphatic carbocycles. The van der Waals surface area contributed by atoms with Gasteiger partial charge in [0.05, 0.1) is 31.5 Å². The number of phenols is 1. The lowest BCUT2D eigenvalue weighted by Gasteiger charge is -2.15. The van der Waals surface area contributed by atoms with Crippen LogP contribution in [0.1, 0.15) is 27.0 Å². The van der Waals surface area contributed by atoms with Crippen LogP contribution < -0.4 is 4.74 Å². The number of ketones is 1. The number of rotatable bonds is 5. The normalized spacial score (nSPS) is 10.4. The number of aliphatic hydroxyl groups is 2. The van der Waals surface area contributed by atoms with E-state index in [0.29, 0.717) is 11.1 Å². The van der Waals surface area contributed by atoms with Crippen LogP contribution in [0, 0.1) is 0 Å². The largest absolute Gasteiger partial charge is 0.507 e. The van der Waals surface area contributed by atoms with Crippen molar-refractivity contribution in [1.29, 1.82) is 0 Å². The van der Waals surface area contributed by atoms with Crippen molar-refractivity contribution in [2.75, 3.05) is 7.11 Å². The summed E-state index contributed by atoms with van der Waals surface area (Å²) in [6.45, 7) is -0.872. The second-order valence-corrected chi connectivity index (χ2v) is 4.46. The highest BCUT2D eigenvalue weighted by molar-refractivity contribution is 6.11. The maximum atomic E-state index is 12.4. The highest BCUT2D eigenvalue weighted by atomic mass is 16.5. The van der Waals surface area contributed by atoms with Crippen LogP contribution in [0.25, 0.3) is 0 Å². The number of carbonyl (C=O) groups excluding carboxylic acids is 1. The minimum Gasteiger partial charge on any atom is -0.507 e. The van der Waals surface area contributed by atoms with Gasteiger partial charge in [0.25, 0.3) is 0 Å². The number of carbonyl (C=O) groups is 1. The first kappa shape index (κ1) is 15.0. The molecule has 0 amide bonds. The smallest absolute Gasteiger partial charge is 0.196 e. The lowest BCUT2D eigenvalue weighted by atomic mass is 9.96. The highest BCUT2D eigenvalue weighted by Gasteiger charge is 2.22. The van der Waals surface area contributed by atoms with Gasteiger partial charge >= 0.3 is 0 Å².